The first-order valence-electron chi connectivity index (χ1n) is 8.08. The van der Waals surface area contributed by atoms with Crippen molar-refractivity contribution in [3.8, 4) is 0 Å². The molecule has 3 aromatic carbocycles. The van der Waals surface area contributed by atoms with E-state index in [0.717, 1.165) is 0 Å². The van der Waals surface area contributed by atoms with E-state index < -0.39 is 7.26 Å². The van der Waals surface area contributed by atoms with Gasteiger partial charge in [0.15, 0.2) is 0 Å². The predicted octanol–water partition coefficient (Wildman–Crippen LogP) is 3.27. The lowest BCUT2D eigenvalue weighted by Crippen LogP contribution is -2.33. The van der Waals surface area contributed by atoms with Crippen molar-refractivity contribution in [2.75, 3.05) is 6.16 Å². The van der Waals surface area contributed by atoms with Gasteiger partial charge in [-0.05, 0) is 36.4 Å². The van der Waals surface area contributed by atoms with Crippen molar-refractivity contribution in [3.63, 3.8) is 0 Å². The van der Waals surface area contributed by atoms with Crippen molar-refractivity contribution >= 4 is 23.2 Å². The van der Waals surface area contributed by atoms with Gasteiger partial charge >= 0.3 is 0 Å². The average Bonchev–Trinajstić information content (AvgIpc) is 2.71. The highest BCUT2D eigenvalue weighted by atomic mass is 31.2. The summed E-state index contributed by atoms with van der Waals surface area (Å²) in [7, 11) is -1.99. The van der Waals surface area contributed by atoms with Crippen LogP contribution < -0.4 is 21.8 Å². The van der Waals surface area contributed by atoms with Crippen molar-refractivity contribution in [1.29, 1.82) is 0 Å². The van der Waals surface area contributed by atoms with Gasteiger partial charge in [0.25, 0.3) is 5.95 Å². The minimum atomic E-state index is -1.99. The normalized spacial score (nSPS) is 12.0. The number of aliphatic hydroxyl groups excluding tert-OH is 1. The van der Waals surface area contributed by atoms with E-state index in [0.29, 0.717) is 6.16 Å². The van der Waals surface area contributed by atoms with E-state index in [1.807, 2.05) is 18.2 Å². The topological polar surface area (TPSA) is 55.5 Å². The molecule has 0 radical (unpaired) electrons. The molecule has 0 spiro atoms. The summed E-state index contributed by atoms with van der Waals surface area (Å²) in [6.07, 6.45) is 2.29. The smallest absolute Gasteiger partial charge is 0.296 e. The summed E-state index contributed by atoms with van der Waals surface area (Å²) in [6, 6.07) is 31.3. The molecule has 0 unspecified atom stereocenters. The van der Waals surface area contributed by atoms with Gasteiger partial charge in [-0.3, -0.25) is 0 Å². The lowest BCUT2D eigenvalue weighted by molar-refractivity contribution is 0.0941. The van der Waals surface area contributed by atoms with Gasteiger partial charge in [0.2, 0.25) is 0 Å². The third-order valence-electron chi connectivity index (χ3n) is 4.25. The highest BCUT2D eigenvalue weighted by molar-refractivity contribution is 7.95. The maximum atomic E-state index is 9.79. The molecule has 126 valence electrons. The van der Waals surface area contributed by atoms with Crippen LogP contribution in [0.3, 0.4) is 0 Å². The summed E-state index contributed by atoms with van der Waals surface area (Å²) in [5, 5.41) is 13.5. The van der Waals surface area contributed by atoms with Crippen LogP contribution in [0, 0.1) is 0 Å². The van der Waals surface area contributed by atoms with E-state index >= 15 is 0 Å². The first kappa shape index (κ1) is 17.2. The van der Waals surface area contributed by atoms with E-state index in [2.05, 4.69) is 77.6 Å². The van der Waals surface area contributed by atoms with Crippen molar-refractivity contribution in [2.24, 2.45) is 5.90 Å². The summed E-state index contributed by atoms with van der Waals surface area (Å²) < 4.78 is 0. The molecule has 0 aromatic heterocycles. The van der Waals surface area contributed by atoms with Crippen LogP contribution in [0.1, 0.15) is 0 Å². The van der Waals surface area contributed by atoms with Crippen molar-refractivity contribution in [2.45, 2.75) is 0 Å². The van der Waals surface area contributed by atoms with Crippen LogP contribution in [-0.2, 0) is 4.84 Å². The van der Waals surface area contributed by atoms with Crippen LogP contribution in [0.2, 0.25) is 0 Å². The Balaban J connectivity index is 2.27. The molecule has 4 heteroatoms. The number of rotatable bonds is 6. The summed E-state index contributed by atoms with van der Waals surface area (Å²) in [4.78, 5) is 4.49. The Kier molecular flexibility index (Phi) is 5.49. The number of hydrogen-bond acceptors (Lipinski definition) is 3. The third-order valence-corrected chi connectivity index (χ3v) is 8.52. The first-order chi connectivity index (χ1) is 12.3. The van der Waals surface area contributed by atoms with Crippen molar-refractivity contribution in [1.82, 2.24) is 0 Å². The average molecular weight is 350 g/mol. The molecule has 0 amide bonds. The van der Waals surface area contributed by atoms with Crippen LogP contribution in [0.5, 0.6) is 0 Å². The number of nitrogens with two attached hydrogens (primary N) is 1. The Bertz CT molecular complexity index is 724. The molecule has 3 N–H and O–H groups in total. The van der Waals surface area contributed by atoms with Crippen molar-refractivity contribution in [3.05, 3.63) is 103 Å². The summed E-state index contributed by atoms with van der Waals surface area (Å²) in [6.45, 7) is 0. The van der Waals surface area contributed by atoms with Gasteiger partial charge in [0, 0.05) is 6.08 Å². The minimum Gasteiger partial charge on any atom is -0.480 e. The van der Waals surface area contributed by atoms with Crippen LogP contribution in [-0.4, -0.2) is 11.3 Å². The summed E-state index contributed by atoms with van der Waals surface area (Å²) in [5.74, 6) is 4.85. The second-order valence-corrected chi connectivity index (χ2v) is 9.19. The van der Waals surface area contributed by atoms with E-state index in [1.54, 1.807) is 6.08 Å². The molecule has 0 aliphatic rings. The number of hydrogen-bond donors (Lipinski definition) is 2. The first-order valence-corrected chi connectivity index (χ1v) is 10.1. The summed E-state index contributed by atoms with van der Waals surface area (Å²) in [5.41, 5.74) is 0. The van der Waals surface area contributed by atoms with Gasteiger partial charge in [-0.25, -0.2) is 0 Å². The molecule has 0 heterocycles. The van der Waals surface area contributed by atoms with Gasteiger partial charge in [0.05, 0.1) is 6.16 Å². The Hall–Kier alpha value is -2.61. The van der Waals surface area contributed by atoms with Gasteiger partial charge in [-0.2, -0.15) is 5.90 Å². The Morgan fingerprint density at radius 1 is 0.760 bits per heavy atom. The van der Waals surface area contributed by atoms with Crippen LogP contribution in [0.15, 0.2) is 103 Å². The number of aliphatic hydroxyl groups is 1. The lowest BCUT2D eigenvalue weighted by Gasteiger charge is -2.26. The maximum Gasteiger partial charge on any atom is 0.296 e. The van der Waals surface area contributed by atoms with Gasteiger partial charge in [-0.15, -0.1) is 0 Å². The highest BCUT2D eigenvalue weighted by Crippen LogP contribution is 2.55. The van der Waals surface area contributed by atoms with Gasteiger partial charge < -0.3 is 9.94 Å². The second-order valence-electron chi connectivity index (χ2n) is 5.66. The largest absolute Gasteiger partial charge is 0.480 e. The van der Waals surface area contributed by atoms with Gasteiger partial charge in [0.1, 0.15) is 23.2 Å². The molecule has 0 atom stereocenters. The minimum absolute atomic E-state index is 0.257. The number of benzene rings is 3. The highest BCUT2D eigenvalue weighted by Gasteiger charge is 2.44. The zero-order valence-corrected chi connectivity index (χ0v) is 14.7. The Morgan fingerprint density at radius 3 is 1.44 bits per heavy atom. The fourth-order valence-corrected chi connectivity index (χ4v) is 7.07. The molecule has 3 rings (SSSR count). The predicted molar refractivity (Wildman–Crippen MR) is 106 cm³/mol. The molecule has 25 heavy (non-hydrogen) atoms. The van der Waals surface area contributed by atoms with Crippen LogP contribution >= 0.6 is 7.26 Å². The van der Waals surface area contributed by atoms with Crippen LogP contribution in [0.4, 0.5) is 0 Å². The van der Waals surface area contributed by atoms with E-state index in [1.165, 1.54) is 15.9 Å². The van der Waals surface area contributed by atoms with E-state index in [4.69, 9.17) is 5.90 Å². The monoisotopic (exact) mass is 350 g/mol. The quantitative estimate of drug-likeness (QED) is 0.408. The molecule has 0 bridgehead atoms. The SMILES string of the molecule is NO/C(O)=C/C[P+](c1ccccc1)(c1ccccc1)c1ccccc1. The molecule has 0 saturated carbocycles. The molecule has 0 fully saturated rings. The Morgan fingerprint density at radius 2 is 1.12 bits per heavy atom. The molecule has 0 aliphatic carbocycles. The zero-order valence-electron chi connectivity index (χ0n) is 13.8. The Labute approximate surface area is 148 Å². The van der Waals surface area contributed by atoms with Gasteiger partial charge in [-0.1, -0.05) is 54.6 Å². The second kappa shape index (κ2) is 7.98. The molecule has 0 aliphatic heterocycles. The van der Waals surface area contributed by atoms with Crippen LogP contribution in [0.25, 0.3) is 0 Å². The molecular formula is C21H21NO2P+. The zero-order chi connectivity index (χ0) is 17.5. The molecule has 0 saturated heterocycles. The lowest BCUT2D eigenvalue weighted by atomic mass is 10.4. The van der Waals surface area contributed by atoms with E-state index in [-0.39, 0.29) is 5.95 Å². The number of allylic oxidation sites excluding steroid dienone is 1. The van der Waals surface area contributed by atoms with Crippen molar-refractivity contribution < 1.29 is 9.94 Å². The fraction of sp³-hybridized carbons (Fsp3) is 0.0476. The molecule has 3 aromatic rings. The molecule has 3 nitrogen and oxygen atoms in total. The molecular weight excluding hydrogens is 329 g/mol. The third kappa shape index (κ3) is 3.58. The van der Waals surface area contributed by atoms with E-state index in [9.17, 15) is 5.11 Å². The fourth-order valence-electron chi connectivity index (χ4n) is 3.07. The maximum absolute atomic E-state index is 9.79. The summed E-state index contributed by atoms with van der Waals surface area (Å²) >= 11 is 0. The standard InChI is InChI=1S/C21H20NO2P/c22-24-21(23)16-17-25(18-10-4-1-5-11-18,19-12-6-2-7-13-19)20-14-8-3-9-15-20/h1-16H,17,22H2/p+1/b21-16+.